The molecule has 0 aliphatic rings. The monoisotopic (exact) mass is 267 g/mol. The summed E-state index contributed by atoms with van der Waals surface area (Å²) in [6.45, 7) is 1.75. The Bertz CT molecular complexity index is 714. The van der Waals surface area contributed by atoms with E-state index in [2.05, 4.69) is 6.07 Å². The van der Waals surface area contributed by atoms with Crippen LogP contribution in [0.25, 0.3) is 11.1 Å². The zero-order chi connectivity index (χ0) is 14.7. The Kier molecular flexibility index (Phi) is 3.72. The molecule has 0 saturated carbocycles. The zero-order valence-corrected chi connectivity index (χ0v) is 11.2. The first-order chi connectivity index (χ1) is 9.56. The molecule has 2 aromatic rings. The van der Waals surface area contributed by atoms with Crippen molar-refractivity contribution in [3.63, 3.8) is 0 Å². The van der Waals surface area contributed by atoms with E-state index in [0.717, 1.165) is 0 Å². The highest BCUT2D eigenvalue weighted by atomic mass is 16.5. The molecule has 0 bridgehead atoms. The second-order valence-electron chi connectivity index (χ2n) is 4.36. The maximum Gasteiger partial charge on any atom is 0.335 e. The molecule has 0 atom stereocenters. The third-order valence-electron chi connectivity index (χ3n) is 3.11. The molecule has 2 aromatic carbocycles. The van der Waals surface area contributed by atoms with Crippen LogP contribution < -0.4 is 4.74 Å². The highest BCUT2D eigenvalue weighted by Crippen LogP contribution is 2.32. The Morgan fingerprint density at radius 3 is 2.60 bits per heavy atom. The van der Waals surface area contributed by atoms with Crippen LogP contribution in [0.5, 0.6) is 5.75 Å². The van der Waals surface area contributed by atoms with Gasteiger partial charge in [-0.05, 0) is 42.3 Å². The quantitative estimate of drug-likeness (QED) is 0.926. The van der Waals surface area contributed by atoms with Crippen LogP contribution in [0.2, 0.25) is 0 Å². The largest absolute Gasteiger partial charge is 0.496 e. The lowest BCUT2D eigenvalue weighted by Crippen LogP contribution is -2.00. The molecular formula is C16H13NO3. The van der Waals surface area contributed by atoms with E-state index in [1.165, 1.54) is 7.11 Å². The van der Waals surface area contributed by atoms with Crippen molar-refractivity contribution in [3.05, 3.63) is 53.1 Å². The maximum absolute atomic E-state index is 11.2. The van der Waals surface area contributed by atoms with Gasteiger partial charge in [0.15, 0.2) is 0 Å². The number of carboxylic acid groups (broad SMARTS) is 1. The normalized spacial score (nSPS) is 9.85. The summed E-state index contributed by atoms with van der Waals surface area (Å²) in [6.07, 6.45) is 0. The number of carbonyl (C=O) groups is 1. The predicted octanol–water partition coefficient (Wildman–Crippen LogP) is 3.24. The SMILES string of the molecule is COc1ccc(C#N)cc1-c1ccc(C)c(C(=O)O)c1. The highest BCUT2D eigenvalue weighted by Gasteiger charge is 2.12. The van der Waals surface area contributed by atoms with Crippen molar-refractivity contribution < 1.29 is 14.6 Å². The number of aryl methyl sites for hydroxylation is 1. The van der Waals surface area contributed by atoms with E-state index >= 15 is 0 Å². The van der Waals surface area contributed by atoms with Crippen LogP contribution in [-0.2, 0) is 0 Å². The molecule has 0 aliphatic heterocycles. The Balaban J connectivity index is 2.65. The van der Waals surface area contributed by atoms with Gasteiger partial charge in [-0.2, -0.15) is 5.26 Å². The fourth-order valence-electron chi connectivity index (χ4n) is 2.02. The molecular weight excluding hydrogens is 254 g/mol. The fraction of sp³-hybridized carbons (Fsp3) is 0.125. The van der Waals surface area contributed by atoms with E-state index in [-0.39, 0.29) is 5.56 Å². The molecule has 0 aliphatic carbocycles. The van der Waals surface area contributed by atoms with E-state index in [1.807, 2.05) is 6.07 Å². The van der Waals surface area contributed by atoms with Crippen molar-refractivity contribution in [1.29, 1.82) is 5.26 Å². The fourth-order valence-corrected chi connectivity index (χ4v) is 2.02. The number of carboxylic acids is 1. The summed E-state index contributed by atoms with van der Waals surface area (Å²) in [5, 5.41) is 18.2. The number of methoxy groups -OCH3 is 1. The number of nitriles is 1. The Morgan fingerprint density at radius 1 is 1.25 bits per heavy atom. The summed E-state index contributed by atoms with van der Waals surface area (Å²) in [4.78, 5) is 11.2. The van der Waals surface area contributed by atoms with Crippen molar-refractivity contribution in [3.8, 4) is 22.9 Å². The van der Waals surface area contributed by atoms with E-state index < -0.39 is 5.97 Å². The summed E-state index contributed by atoms with van der Waals surface area (Å²) in [7, 11) is 1.54. The molecule has 0 fully saturated rings. The van der Waals surface area contributed by atoms with Gasteiger partial charge in [-0.25, -0.2) is 4.79 Å². The molecule has 2 rings (SSSR count). The second kappa shape index (κ2) is 5.45. The lowest BCUT2D eigenvalue weighted by atomic mass is 9.98. The minimum atomic E-state index is -0.972. The number of hydrogen-bond donors (Lipinski definition) is 1. The maximum atomic E-state index is 11.2. The molecule has 0 amide bonds. The molecule has 0 aromatic heterocycles. The first-order valence-electron chi connectivity index (χ1n) is 5.99. The minimum absolute atomic E-state index is 0.243. The van der Waals surface area contributed by atoms with Crippen LogP contribution in [0.1, 0.15) is 21.5 Å². The van der Waals surface area contributed by atoms with E-state index in [1.54, 1.807) is 37.3 Å². The molecule has 0 spiro atoms. The van der Waals surface area contributed by atoms with Crippen LogP contribution >= 0.6 is 0 Å². The van der Waals surface area contributed by atoms with Gasteiger partial charge >= 0.3 is 5.97 Å². The number of aromatic carboxylic acids is 1. The van der Waals surface area contributed by atoms with Gasteiger partial charge in [-0.1, -0.05) is 12.1 Å². The van der Waals surface area contributed by atoms with E-state index in [4.69, 9.17) is 10.00 Å². The summed E-state index contributed by atoms with van der Waals surface area (Å²) in [6, 6.07) is 12.3. The van der Waals surface area contributed by atoms with Gasteiger partial charge in [0, 0.05) is 5.56 Å². The average Bonchev–Trinajstić information content (AvgIpc) is 2.46. The highest BCUT2D eigenvalue weighted by molar-refractivity contribution is 5.91. The van der Waals surface area contributed by atoms with Gasteiger partial charge in [0.25, 0.3) is 0 Å². The first kappa shape index (κ1) is 13.6. The van der Waals surface area contributed by atoms with Gasteiger partial charge < -0.3 is 9.84 Å². The van der Waals surface area contributed by atoms with Crippen molar-refractivity contribution in [1.82, 2.24) is 0 Å². The molecule has 0 heterocycles. The third kappa shape index (κ3) is 2.47. The summed E-state index contributed by atoms with van der Waals surface area (Å²) < 4.78 is 5.27. The summed E-state index contributed by atoms with van der Waals surface area (Å²) in [5.74, 6) is -0.371. The van der Waals surface area contributed by atoms with Crippen LogP contribution in [0.15, 0.2) is 36.4 Å². The van der Waals surface area contributed by atoms with Crippen molar-refractivity contribution in [2.24, 2.45) is 0 Å². The Hall–Kier alpha value is -2.80. The molecule has 20 heavy (non-hydrogen) atoms. The minimum Gasteiger partial charge on any atom is -0.496 e. The summed E-state index contributed by atoms with van der Waals surface area (Å²) >= 11 is 0. The van der Waals surface area contributed by atoms with Crippen molar-refractivity contribution in [2.75, 3.05) is 7.11 Å². The average molecular weight is 267 g/mol. The topological polar surface area (TPSA) is 70.3 Å². The number of nitrogens with zero attached hydrogens (tertiary/aromatic N) is 1. The number of ether oxygens (including phenoxy) is 1. The van der Waals surface area contributed by atoms with Crippen LogP contribution in [0.4, 0.5) is 0 Å². The van der Waals surface area contributed by atoms with Gasteiger partial charge in [0.1, 0.15) is 5.75 Å². The molecule has 4 nitrogen and oxygen atoms in total. The van der Waals surface area contributed by atoms with Crippen LogP contribution in [0.3, 0.4) is 0 Å². The lowest BCUT2D eigenvalue weighted by molar-refractivity contribution is 0.0696. The zero-order valence-electron chi connectivity index (χ0n) is 11.2. The number of benzene rings is 2. The Labute approximate surface area is 116 Å². The van der Waals surface area contributed by atoms with Crippen molar-refractivity contribution in [2.45, 2.75) is 6.92 Å². The van der Waals surface area contributed by atoms with Crippen LogP contribution in [-0.4, -0.2) is 18.2 Å². The molecule has 1 N–H and O–H groups in total. The Morgan fingerprint density at radius 2 is 2.00 bits per heavy atom. The predicted molar refractivity (Wildman–Crippen MR) is 74.8 cm³/mol. The molecule has 0 unspecified atom stereocenters. The smallest absolute Gasteiger partial charge is 0.335 e. The van der Waals surface area contributed by atoms with Gasteiger partial charge in [-0.15, -0.1) is 0 Å². The second-order valence-corrected chi connectivity index (χ2v) is 4.36. The molecule has 100 valence electrons. The molecule has 4 heteroatoms. The summed E-state index contributed by atoms with van der Waals surface area (Å²) in [5.41, 5.74) is 2.85. The van der Waals surface area contributed by atoms with Gasteiger partial charge in [0.2, 0.25) is 0 Å². The van der Waals surface area contributed by atoms with E-state index in [0.29, 0.717) is 28.0 Å². The third-order valence-corrected chi connectivity index (χ3v) is 3.11. The van der Waals surface area contributed by atoms with Gasteiger partial charge in [-0.3, -0.25) is 0 Å². The number of rotatable bonds is 3. The lowest BCUT2D eigenvalue weighted by Gasteiger charge is -2.10. The van der Waals surface area contributed by atoms with Crippen molar-refractivity contribution >= 4 is 5.97 Å². The number of hydrogen-bond acceptors (Lipinski definition) is 3. The van der Waals surface area contributed by atoms with Crippen LogP contribution in [0, 0.1) is 18.3 Å². The van der Waals surface area contributed by atoms with E-state index in [9.17, 15) is 9.90 Å². The standard InChI is InChI=1S/C16H13NO3/c1-10-3-5-12(8-13(10)16(18)19)14-7-11(9-17)4-6-15(14)20-2/h3-8H,1-2H3,(H,18,19). The first-order valence-corrected chi connectivity index (χ1v) is 5.99. The molecule has 0 radical (unpaired) electrons. The van der Waals surface area contributed by atoms with Gasteiger partial charge in [0.05, 0.1) is 24.3 Å². The molecule has 0 saturated heterocycles.